The second-order valence-electron chi connectivity index (χ2n) is 6.93. The molecular weight excluding hydrogens is 354 g/mol. The minimum atomic E-state index is -0.103. The van der Waals surface area contributed by atoms with Crippen LogP contribution in [0.5, 0.6) is 0 Å². The highest BCUT2D eigenvalue weighted by Crippen LogP contribution is 2.19. The number of nitrogens with one attached hydrogen (secondary N) is 1. The molecule has 0 spiro atoms. The number of aliphatic imine (C=N–C) groups is 1. The fourth-order valence-electron chi connectivity index (χ4n) is 3.51. The van der Waals surface area contributed by atoms with Gasteiger partial charge in [-0.2, -0.15) is 5.10 Å². The summed E-state index contributed by atoms with van der Waals surface area (Å²) >= 11 is 0. The molecule has 1 aromatic heterocycles. The molecule has 28 heavy (non-hydrogen) atoms. The summed E-state index contributed by atoms with van der Waals surface area (Å²) in [4.78, 5) is 18.9. The van der Waals surface area contributed by atoms with Crippen molar-refractivity contribution in [3.63, 3.8) is 0 Å². The Morgan fingerprint density at radius 1 is 1.25 bits per heavy atom. The van der Waals surface area contributed by atoms with E-state index in [1.54, 1.807) is 6.20 Å². The van der Waals surface area contributed by atoms with E-state index in [-0.39, 0.29) is 11.9 Å². The quantitative estimate of drug-likeness (QED) is 0.471. The Hall–Kier alpha value is -2.83. The monoisotopic (exact) mass is 383 g/mol. The molecule has 0 amide bonds. The van der Waals surface area contributed by atoms with Gasteiger partial charge >= 0.3 is 5.97 Å². The smallest absolute Gasteiger partial charge is 0.308 e. The number of hydrogen-bond acceptors (Lipinski definition) is 4. The van der Waals surface area contributed by atoms with Gasteiger partial charge in [0.2, 0.25) is 0 Å². The van der Waals surface area contributed by atoms with Crippen LogP contribution in [0.2, 0.25) is 0 Å². The van der Waals surface area contributed by atoms with E-state index in [0.717, 1.165) is 45.0 Å². The molecule has 1 saturated heterocycles. The predicted molar refractivity (Wildman–Crippen MR) is 109 cm³/mol. The Morgan fingerprint density at radius 2 is 2.00 bits per heavy atom. The van der Waals surface area contributed by atoms with Crippen LogP contribution in [0.15, 0.2) is 47.7 Å². The molecule has 3 rings (SSSR count). The van der Waals surface area contributed by atoms with Gasteiger partial charge in [0.25, 0.3) is 0 Å². The Kier molecular flexibility index (Phi) is 7.06. The molecule has 1 aliphatic heterocycles. The van der Waals surface area contributed by atoms with Gasteiger partial charge in [-0.1, -0.05) is 24.3 Å². The summed E-state index contributed by atoms with van der Waals surface area (Å²) in [6.07, 6.45) is 5.36. The second-order valence-corrected chi connectivity index (χ2v) is 6.93. The number of hydrogen-bond donors (Lipinski definition) is 1. The third-order valence-corrected chi connectivity index (χ3v) is 5.07. The topological polar surface area (TPSA) is 71.8 Å². The zero-order chi connectivity index (χ0) is 19.8. The van der Waals surface area contributed by atoms with E-state index < -0.39 is 0 Å². The number of guanidine groups is 1. The number of aromatic nitrogens is 2. The van der Waals surface area contributed by atoms with E-state index in [4.69, 9.17) is 9.73 Å². The van der Waals surface area contributed by atoms with Crippen LogP contribution in [0.3, 0.4) is 0 Å². The van der Waals surface area contributed by atoms with Gasteiger partial charge in [0, 0.05) is 32.0 Å². The second kappa shape index (κ2) is 9.92. The molecule has 0 aliphatic carbocycles. The maximum Gasteiger partial charge on any atom is 0.308 e. The standard InChI is InChI=1S/C21H29N5O2/c1-3-22-21(25-13-9-17(10-14-25)20(27)28-2)23-15-18-7-4-5-8-19(18)16-26-12-6-11-24-26/h4-8,11-12,17H,3,9-10,13-16H2,1-2H3,(H,22,23). The van der Waals surface area contributed by atoms with Crippen LogP contribution in [0.4, 0.5) is 0 Å². The molecule has 1 aliphatic rings. The lowest BCUT2D eigenvalue weighted by Crippen LogP contribution is -2.46. The fraction of sp³-hybridized carbons (Fsp3) is 0.476. The van der Waals surface area contributed by atoms with Gasteiger partial charge in [0.15, 0.2) is 5.96 Å². The molecule has 0 radical (unpaired) electrons. The van der Waals surface area contributed by atoms with Crippen molar-refractivity contribution in [3.05, 3.63) is 53.9 Å². The number of carbonyl (C=O) groups is 1. The predicted octanol–water partition coefficient (Wildman–Crippen LogP) is 2.28. The maximum absolute atomic E-state index is 11.8. The Morgan fingerprint density at radius 3 is 2.64 bits per heavy atom. The molecule has 1 aromatic carbocycles. The van der Waals surface area contributed by atoms with Crippen LogP contribution in [-0.2, 0) is 22.6 Å². The van der Waals surface area contributed by atoms with Crippen LogP contribution in [0, 0.1) is 5.92 Å². The largest absolute Gasteiger partial charge is 0.469 e. The van der Waals surface area contributed by atoms with Crippen molar-refractivity contribution in [3.8, 4) is 0 Å². The molecule has 150 valence electrons. The molecule has 7 heteroatoms. The first-order chi connectivity index (χ1) is 13.7. The summed E-state index contributed by atoms with van der Waals surface area (Å²) in [6, 6.07) is 10.3. The van der Waals surface area contributed by atoms with Gasteiger partial charge < -0.3 is 15.0 Å². The normalized spacial score (nSPS) is 15.5. The highest BCUT2D eigenvalue weighted by atomic mass is 16.5. The van der Waals surface area contributed by atoms with Crippen molar-refractivity contribution in [2.75, 3.05) is 26.7 Å². The summed E-state index contributed by atoms with van der Waals surface area (Å²) < 4.78 is 6.81. The van der Waals surface area contributed by atoms with Crippen molar-refractivity contribution < 1.29 is 9.53 Å². The molecule has 0 bridgehead atoms. The lowest BCUT2D eigenvalue weighted by Gasteiger charge is -2.33. The number of ether oxygens (including phenoxy) is 1. The van der Waals surface area contributed by atoms with Crippen LogP contribution in [0.1, 0.15) is 30.9 Å². The minimum Gasteiger partial charge on any atom is -0.469 e. The van der Waals surface area contributed by atoms with Crippen molar-refractivity contribution >= 4 is 11.9 Å². The average Bonchev–Trinajstić information content (AvgIpc) is 3.25. The summed E-state index contributed by atoms with van der Waals surface area (Å²) in [6.45, 7) is 5.84. The molecular formula is C21H29N5O2. The number of benzene rings is 1. The zero-order valence-electron chi connectivity index (χ0n) is 16.7. The summed E-state index contributed by atoms with van der Waals surface area (Å²) in [7, 11) is 1.46. The number of nitrogens with zero attached hydrogens (tertiary/aromatic N) is 4. The van der Waals surface area contributed by atoms with Gasteiger partial charge in [-0.3, -0.25) is 9.48 Å². The van der Waals surface area contributed by atoms with E-state index in [1.165, 1.54) is 18.2 Å². The summed E-state index contributed by atoms with van der Waals surface area (Å²) in [5, 5.41) is 7.69. The van der Waals surface area contributed by atoms with Gasteiger partial charge in [-0.05, 0) is 37.0 Å². The maximum atomic E-state index is 11.8. The highest BCUT2D eigenvalue weighted by Gasteiger charge is 2.26. The number of methoxy groups -OCH3 is 1. The van der Waals surface area contributed by atoms with E-state index in [2.05, 4.69) is 40.4 Å². The van der Waals surface area contributed by atoms with Crippen LogP contribution in [0.25, 0.3) is 0 Å². The van der Waals surface area contributed by atoms with Crippen LogP contribution >= 0.6 is 0 Å². The molecule has 1 N–H and O–H groups in total. The van der Waals surface area contributed by atoms with Crippen LogP contribution in [-0.4, -0.2) is 53.4 Å². The van der Waals surface area contributed by atoms with Crippen molar-refractivity contribution in [2.24, 2.45) is 10.9 Å². The zero-order valence-corrected chi connectivity index (χ0v) is 16.7. The van der Waals surface area contributed by atoms with Crippen molar-refractivity contribution in [2.45, 2.75) is 32.9 Å². The average molecular weight is 383 g/mol. The van der Waals surface area contributed by atoms with Crippen molar-refractivity contribution in [1.29, 1.82) is 0 Å². The number of rotatable bonds is 6. The number of esters is 1. The first-order valence-corrected chi connectivity index (χ1v) is 9.86. The molecule has 7 nitrogen and oxygen atoms in total. The summed E-state index contributed by atoms with van der Waals surface area (Å²) in [5.74, 6) is 0.799. The van der Waals surface area contributed by atoms with E-state index in [1.807, 2.05) is 23.0 Å². The molecule has 2 aromatic rings. The molecule has 1 fully saturated rings. The van der Waals surface area contributed by atoms with E-state index >= 15 is 0 Å². The van der Waals surface area contributed by atoms with Crippen molar-refractivity contribution in [1.82, 2.24) is 20.0 Å². The van der Waals surface area contributed by atoms with E-state index in [0.29, 0.717) is 6.54 Å². The van der Waals surface area contributed by atoms with Crippen LogP contribution < -0.4 is 5.32 Å². The number of likely N-dealkylation sites (tertiary alicyclic amines) is 1. The third kappa shape index (κ3) is 5.12. The molecule has 0 unspecified atom stereocenters. The van der Waals surface area contributed by atoms with Gasteiger partial charge in [-0.15, -0.1) is 0 Å². The molecule has 2 heterocycles. The summed E-state index contributed by atoms with van der Waals surface area (Å²) in [5.41, 5.74) is 2.41. The SMILES string of the molecule is CCNC(=NCc1ccccc1Cn1cccn1)N1CCC(C(=O)OC)CC1. The first-order valence-electron chi connectivity index (χ1n) is 9.86. The van der Waals surface area contributed by atoms with E-state index in [9.17, 15) is 4.79 Å². The number of piperidine rings is 1. The lowest BCUT2D eigenvalue weighted by atomic mass is 9.97. The Balaban J connectivity index is 1.68. The van der Waals surface area contributed by atoms with Gasteiger partial charge in [0.1, 0.15) is 0 Å². The molecule has 0 saturated carbocycles. The lowest BCUT2D eigenvalue weighted by molar-refractivity contribution is -0.146. The van der Waals surface area contributed by atoms with Gasteiger partial charge in [-0.25, -0.2) is 4.99 Å². The number of carbonyl (C=O) groups excluding carboxylic acids is 1. The highest BCUT2D eigenvalue weighted by molar-refractivity contribution is 5.80. The molecule has 0 atom stereocenters. The minimum absolute atomic E-state index is 0.000997. The Labute approximate surface area is 166 Å². The third-order valence-electron chi connectivity index (χ3n) is 5.07. The Bertz CT molecular complexity index is 780. The fourth-order valence-corrected chi connectivity index (χ4v) is 3.51. The first kappa shape index (κ1) is 19.9. The van der Waals surface area contributed by atoms with Gasteiger partial charge in [0.05, 0.1) is 26.1 Å².